The molecule has 0 saturated heterocycles. The van der Waals surface area contributed by atoms with Gasteiger partial charge in [0.15, 0.2) is 0 Å². The molecule has 1 rings (SSSR count). The maximum atomic E-state index is 12.9. The number of carbonyl (C=O) groups is 3. The molecular weight excluding hydrogens is 638 g/mol. The molecule has 0 spiro atoms. The molecule has 300 valence electrons. The number of ether oxygens (including phenoxy) is 3. The largest absolute Gasteiger partial charge is 0.466 e. The van der Waals surface area contributed by atoms with Crippen LogP contribution in [-0.4, -0.2) is 62.8 Å². The summed E-state index contributed by atoms with van der Waals surface area (Å²) in [5.74, 6) is 1.08. The third-order valence-corrected chi connectivity index (χ3v) is 10.5. The lowest BCUT2D eigenvalue weighted by Crippen LogP contribution is -2.34. The van der Waals surface area contributed by atoms with Crippen LogP contribution in [0.5, 0.6) is 0 Å². The van der Waals surface area contributed by atoms with Crippen molar-refractivity contribution < 1.29 is 28.6 Å². The lowest BCUT2D eigenvalue weighted by molar-refractivity contribution is -0.152. The molecule has 0 atom stereocenters. The smallest absolute Gasteiger partial charge is 0.306 e. The first kappa shape index (κ1) is 47.4. The van der Waals surface area contributed by atoms with E-state index in [1.165, 1.54) is 64.2 Å². The predicted octanol–water partition coefficient (Wildman–Crippen LogP) is 11.9. The number of nitrogens with zero attached hydrogens (tertiary/aromatic N) is 1. The second-order valence-electron chi connectivity index (χ2n) is 16.1. The lowest BCUT2D eigenvalue weighted by Gasteiger charge is -2.36. The van der Waals surface area contributed by atoms with Gasteiger partial charge >= 0.3 is 17.9 Å². The van der Waals surface area contributed by atoms with Crippen LogP contribution in [-0.2, 0) is 28.6 Å². The van der Waals surface area contributed by atoms with Gasteiger partial charge in [0.25, 0.3) is 0 Å². The normalized spacial score (nSPS) is 15.6. The van der Waals surface area contributed by atoms with Crippen LogP contribution >= 0.6 is 0 Å². The zero-order chi connectivity index (χ0) is 37.2. The van der Waals surface area contributed by atoms with Gasteiger partial charge in [0.2, 0.25) is 0 Å². The van der Waals surface area contributed by atoms with Crippen molar-refractivity contribution in [3.05, 3.63) is 0 Å². The summed E-state index contributed by atoms with van der Waals surface area (Å²) in [4.78, 5) is 39.3. The third-order valence-electron chi connectivity index (χ3n) is 10.5. The molecule has 0 aliphatic heterocycles. The molecule has 0 radical (unpaired) electrons. The standard InChI is InChI=1S/C44H83NO6/c1-5-7-9-11-13-21-27-33-49-42(46)31-25-19-15-17-23-29-41(51-44(48)37-39-35-40(36-39)38-45(3)4)30-24-18-16-20-26-32-43(47)50-34-28-22-14-12-10-8-6-2/h39-41H,5-38H2,1-4H3. The van der Waals surface area contributed by atoms with E-state index in [0.717, 1.165) is 122 Å². The molecule has 0 unspecified atom stereocenters. The Labute approximate surface area is 315 Å². The van der Waals surface area contributed by atoms with Crippen molar-refractivity contribution in [2.75, 3.05) is 33.9 Å². The molecule has 0 aromatic carbocycles. The van der Waals surface area contributed by atoms with Crippen molar-refractivity contribution in [3.8, 4) is 0 Å². The lowest BCUT2D eigenvalue weighted by atomic mass is 9.73. The van der Waals surface area contributed by atoms with Crippen LogP contribution in [0.1, 0.15) is 213 Å². The van der Waals surface area contributed by atoms with Gasteiger partial charge in [-0.3, -0.25) is 14.4 Å². The SMILES string of the molecule is CCCCCCCCCOC(=O)CCCCCCCC(CCCCCCCC(=O)OCCCCCCCCC)OC(=O)CC1CC(CN(C)C)C1. The van der Waals surface area contributed by atoms with E-state index in [4.69, 9.17) is 14.2 Å². The Bertz CT molecular complexity index is 780. The summed E-state index contributed by atoms with van der Waals surface area (Å²) in [7, 11) is 4.23. The molecule has 0 amide bonds. The van der Waals surface area contributed by atoms with Gasteiger partial charge in [0.05, 0.1) is 13.2 Å². The van der Waals surface area contributed by atoms with Gasteiger partial charge in [-0.05, 0) is 90.1 Å². The minimum absolute atomic E-state index is 0.00149. The molecule has 0 heterocycles. The second kappa shape index (κ2) is 34.2. The van der Waals surface area contributed by atoms with Gasteiger partial charge in [-0.25, -0.2) is 0 Å². The minimum atomic E-state index is -0.0498. The average Bonchev–Trinajstić information content (AvgIpc) is 3.08. The van der Waals surface area contributed by atoms with Gasteiger partial charge < -0.3 is 19.1 Å². The molecular formula is C44H83NO6. The summed E-state index contributed by atoms with van der Waals surface area (Å²) >= 11 is 0. The fourth-order valence-corrected chi connectivity index (χ4v) is 7.42. The van der Waals surface area contributed by atoms with Crippen molar-refractivity contribution in [1.29, 1.82) is 0 Å². The van der Waals surface area contributed by atoms with Gasteiger partial charge in [0, 0.05) is 25.8 Å². The van der Waals surface area contributed by atoms with Crippen LogP contribution in [0.15, 0.2) is 0 Å². The summed E-state index contributed by atoms with van der Waals surface area (Å²) in [5.41, 5.74) is 0. The van der Waals surface area contributed by atoms with E-state index in [0.29, 0.717) is 44.3 Å². The summed E-state index contributed by atoms with van der Waals surface area (Å²) < 4.78 is 16.9. The van der Waals surface area contributed by atoms with Crippen molar-refractivity contribution in [3.63, 3.8) is 0 Å². The number of esters is 3. The maximum Gasteiger partial charge on any atom is 0.306 e. The van der Waals surface area contributed by atoms with Gasteiger partial charge in [-0.1, -0.05) is 129 Å². The molecule has 51 heavy (non-hydrogen) atoms. The average molecular weight is 722 g/mol. The summed E-state index contributed by atoms with van der Waals surface area (Å²) in [6, 6.07) is 0. The first-order chi connectivity index (χ1) is 24.8. The van der Waals surface area contributed by atoms with E-state index < -0.39 is 0 Å². The molecule has 7 heteroatoms. The molecule has 1 saturated carbocycles. The maximum absolute atomic E-state index is 12.9. The van der Waals surface area contributed by atoms with E-state index in [1.54, 1.807) is 0 Å². The van der Waals surface area contributed by atoms with Crippen molar-refractivity contribution in [2.24, 2.45) is 11.8 Å². The molecule has 7 nitrogen and oxygen atoms in total. The molecule has 0 aromatic heterocycles. The van der Waals surface area contributed by atoms with Gasteiger partial charge in [-0.2, -0.15) is 0 Å². The molecule has 1 aliphatic carbocycles. The monoisotopic (exact) mass is 722 g/mol. The van der Waals surface area contributed by atoms with E-state index in [-0.39, 0.29) is 24.0 Å². The van der Waals surface area contributed by atoms with Gasteiger partial charge in [-0.15, -0.1) is 0 Å². The zero-order valence-electron chi connectivity index (χ0n) is 34.2. The fraction of sp³-hybridized carbons (Fsp3) is 0.932. The van der Waals surface area contributed by atoms with Crippen LogP contribution in [0.25, 0.3) is 0 Å². The van der Waals surface area contributed by atoms with E-state index >= 15 is 0 Å². The summed E-state index contributed by atoms with van der Waals surface area (Å²) in [6.45, 7) is 6.71. The van der Waals surface area contributed by atoms with Crippen LogP contribution in [0.2, 0.25) is 0 Å². The zero-order valence-corrected chi connectivity index (χ0v) is 34.2. The summed E-state index contributed by atoms with van der Waals surface area (Å²) in [6.07, 6.45) is 33.3. The Morgan fingerprint density at radius 1 is 0.510 bits per heavy atom. The molecule has 1 aliphatic rings. The van der Waals surface area contributed by atoms with Gasteiger partial charge in [0.1, 0.15) is 6.10 Å². The Morgan fingerprint density at radius 3 is 1.33 bits per heavy atom. The Hall–Kier alpha value is -1.63. The fourth-order valence-electron chi connectivity index (χ4n) is 7.42. The number of rotatable bonds is 37. The Kier molecular flexibility index (Phi) is 31.7. The van der Waals surface area contributed by atoms with Crippen LogP contribution < -0.4 is 0 Å². The molecule has 0 N–H and O–H groups in total. The quantitative estimate of drug-likeness (QED) is 0.0359. The first-order valence-corrected chi connectivity index (χ1v) is 22.0. The van der Waals surface area contributed by atoms with Crippen LogP contribution in [0, 0.1) is 11.8 Å². The van der Waals surface area contributed by atoms with Crippen molar-refractivity contribution in [2.45, 2.75) is 219 Å². The first-order valence-electron chi connectivity index (χ1n) is 22.0. The molecule has 0 aromatic rings. The number of hydrogen-bond donors (Lipinski definition) is 0. The third kappa shape index (κ3) is 30.5. The highest BCUT2D eigenvalue weighted by Gasteiger charge is 2.31. The van der Waals surface area contributed by atoms with Crippen molar-refractivity contribution >= 4 is 17.9 Å². The predicted molar refractivity (Wildman–Crippen MR) is 212 cm³/mol. The number of hydrogen-bond acceptors (Lipinski definition) is 7. The molecule has 0 bridgehead atoms. The highest BCUT2D eigenvalue weighted by molar-refractivity contribution is 5.70. The van der Waals surface area contributed by atoms with E-state index in [9.17, 15) is 14.4 Å². The Morgan fingerprint density at radius 2 is 0.902 bits per heavy atom. The number of unbranched alkanes of at least 4 members (excludes halogenated alkanes) is 20. The minimum Gasteiger partial charge on any atom is -0.466 e. The Balaban J connectivity index is 2.20. The van der Waals surface area contributed by atoms with Crippen LogP contribution in [0.4, 0.5) is 0 Å². The summed E-state index contributed by atoms with van der Waals surface area (Å²) in [5, 5.41) is 0. The topological polar surface area (TPSA) is 82.1 Å². The second-order valence-corrected chi connectivity index (χ2v) is 16.1. The van der Waals surface area contributed by atoms with E-state index in [1.807, 2.05) is 0 Å². The number of carbonyl (C=O) groups excluding carboxylic acids is 3. The van der Waals surface area contributed by atoms with Crippen LogP contribution in [0.3, 0.4) is 0 Å². The highest BCUT2D eigenvalue weighted by Crippen LogP contribution is 2.36. The molecule has 1 fully saturated rings. The van der Waals surface area contributed by atoms with Crippen molar-refractivity contribution in [1.82, 2.24) is 4.90 Å². The van der Waals surface area contributed by atoms with E-state index in [2.05, 4.69) is 32.8 Å². The highest BCUT2D eigenvalue weighted by atomic mass is 16.5.